The number of hydrogen-bond donors (Lipinski definition) is 0. The molecule has 0 spiro atoms. The third-order valence-electron chi connectivity index (χ3n) is 2.32. The van der Waals surface area contributed by atoms with Gasteiger partial charge in [-0.2, -0.15) is 0 Å². The standard InChI is InChI=1S/C11H12O/c1-8-7-11(8)9-3-5-10(12-2)6-4-9/h3-6,11H,1,7H2,2H3/t11-/m1/s1. The minimum absolute atomic E-state index is 0.621. The van der Waals surface area contributed by atoms with Crippen LogP contribution in [0, 0.1) is 0 Å². The van der Waals surface area contributed by atoms with E-state index in [1.165, 1.54) is 11.1 Å². The smallest absolute Gasteiger partial charge is 0.118 e. The SMILES string of the molecule is C=C1C[C@H]1c1ccc(OC)cc1. The van der Waals surface area contributed by atoms with E-state index in [2.05, 4.69) is 18.7 Å². The van der Waals surface area contributed by atoms with Gasteiger partial charge in [-0.1, -0.05) is 24.3 Å². The molecule has 1 nitrogen and oxygen atoms in total. The molecular weight excluding hydrogens is 148 g/mol. The normalized spacial score (nSPS) is 20.8. The number of methoxy groups -OCH3 is 1. The van der Waals surface area contributed by atoms with Crippen molar-refractivity contribution in [2.24, 2.45) is 0 Å². The summed E-state index contributed by atoms with van der Waals surface area (Å²) < 4.78 is 5.07. The molecule has 2 rings (SSSR count). The van der Waals surface area contributed by atoms with Crippen LogP contribution in [-0.4, -0.2) is 7.11 Å². The molecule has 1 aliphatic carbocycles. The predicted octanol–water partition coefficient (Wildman–Crippen LogP) is 2.74. The van der Waals surface area contributed by atoms with Crippen molar-refractivity contribution >= 4 is 0 Å². The third kappa shape index (κ3) is 1.22. The molecule has 1 aromatic rings. The third-order valence-corrected chi connectivity index (χ3v) is 2.32. The van der Waals surface area contributed by atoms with Gasteiger partial charge >= 0.3 is 0 Å². The summed E-state index contributed by atoms with van der Waals surface area (Å²) in [6.07, 6.45) is 1.16. The van der Waals surface area contributed by atoms with Gasteiger partial charge in [-0.25, -0.2) is 0 Å². The van der Waals surface area contributed by atoms with E-state index >= 15 is 0 Å². The van der Waals surface area contributed by atoms with Crippen LogP contribution in [-0.2, 0) is 0 Å². The molecule has 1 aromatic carbocycles. The second kappa shape index (κ2) is 2.67. The van der Waals surface area contributed by atoms with Crippen LogP contribution in [0.1, 0.15) is 17.9 Å². The van der Waals surface area contributed by atoms with E-state index in [0.29, 0.717) is 5.92 Å². The maximum absolute atomic E-state index is 5.07. The van der Waals surface area contributed by atoms with Crippen LogP contribution in [0.4, 0.5) is 0 Å². The van der Waals surface area contributed by atoms with Gasteiger partial charge < -0.3 is 4.74 Å². The van der Waals surface area contributed by atoms with Gasteiger partial charge in [-0.15, -0.1) is 0 Å². The van der Waals surface area contributed by atoms with E-state index in [9.17, 15) is 0 Å². The molecule has 0 N–H and O–H groups in total. The van der Waals surface area contributed by atoms with Gasteiger partial charge in [0.15, 0.2) is 0 Å². The number of allylic oxidation sites excluding steroid dienone is 1. The van der Waals surface area contributed by atoms with Gasteiger partial charge in [0.05, 0.1) is 7.11 Å². The first kappa shape index (κ1) is 7.41. The Morgan fingerprint density at radius 2 is 1.92 bits per heavy atom. The lowest BCUT2D eigenvalue weighted by molar-refractivity contribution is 0.414. The first-order chi connectivity index (χ1) is 5.81. The lowest BCUT2D eigenvalue weighted by Crippen LogP contribution is -1.83. The molecular formula is C11H12O. The summed E-state index contributed by atoms with van der Waals surface area (Å²) in [6, 6.07) is 8.23. The zero-order chi connectivity index (χ0) is 8.55. The molecule has 1 aliphatic rings. The van der Waals surface area contributed by atoms with Gasteiger partial charge in [0.25, 0.3) is 0 Å². The Balaban J connectivity index is 2.20. The van der Waals surface area contributed by atoms with Crippen LogP contribution in [0.2, 0.25) is 0 Å². The van der Waals surface area contributed by atoms with Crippen molar-refractivity contribution in [3.8, 4) is 5.75 Å². The lowest BCUT2D eigenvalue weighted by Gasteiger charge is -2.00. The summed E-state index contributed by atoms with van der Waals surface area (Å²) in [5, 5.41) is 0. The molecule has 0 aromatic heterocycles. The molecule has 0 aliphatic heterocycles. The number of benzene rings is 1. The molecule has 1 saturated carbocycles. The van der Waals surface area contributed by atoms with Crippen LogP contribution >= 0.6 is 0 Å². The second-order valence-corrected chi connectivity index (χ2v) is 3.19. The van der Waals surface area contributed by atoms with Crippen molar-refractivity contribution in [1.29, 1.82) is 0 Å². The van der Waals surface area contributed by atoms with Crippen molar-refractivity contribution in [2.45, 2.75) is 12.3 Å². The van der Waals surface area contributed by atoms with E-state index < -0.39 is 0 Å². The van der Waals surface area contributed by atoms with Crippen molar-refractivity contribution in [1.82, 2.24) is 0 Å². The van der Waals surface area contributed by atoms with E-state index in [0.717, 1.165) is 12.2 Å². The van der Waals surface area contributed by atoms with Crippen LogP contribution in [0.15, 0.2) is 36.4 Å². The van der Waals surface area contributed by atoms with E-state index in [1.54, 1.807) is 7.11 Å². The first-order valence-electron chi connectivity index (χ1n) is 4.13. The molecule has 1 atom stereocenters. The number of hydrogen-bond acceptors (Lipinski definition) is 1. The highest BCUT2D eigenvalue weighted by molar-refractivity contribution is 5.41. The number of rotatable bonds is 2. The molecule has 12 heavy (non-hydrogen) atoms. The molecule has 0 unspecified atom stereocenters. The number of ether oxygens (including phenoxy) is 1. The highest BCUT2D eigenvalue weighted by atomic mass is 16.5. The summed E-state index contributed by atoms with van der Waals surface area (Å²) in [5.41, 5.74) is 2.71. The Bertz CT molecular complexity index is 297. The van der Waals surface area contributed by atoms with Gasteiger partial charge in [-0.3, -0.25) is 0 Å². The predicted molar refractivity (Wildman–Crippen MR) is 49.5 cm³/mol. The fourth-order valence-corrected chi connectivity index (χ4v) is 1.39. The molecule has 0 amide bonds. The fraction of sp³-hybridized carbons (Fsp3) is 0.273. The topological polar surface area (TPSA) is 9.23 Å². The zero-order valence-corrected chi connectivity index (χ0v) is 7.21. The van der Waals surface area contributed by atoms with Crippen molar-refractivity contribution in [3.63, 3.8) is 0 Å². The minimum Gasteiger partial charge on any atom is -0.497 e. The molecule has 0 saturated heterocycles. The lowest BCUT2D eigenvalue weighted by atomic mass is 10.1. The summed E-state index contributed by atoms with van der Waals surface area (Å²) in [4.78, 5) is 0. The minimum atomic E-state index is 0.621. The highest BCUT2D eigenvalue weighted by Crippen LogP contribution is 2.45. The van der Waals surface area contributed by atoms with Gasteiger partial charge in [-0.05, 0) is 24.1 Å². The Labute approximate surface area is 72.7 Å². The maximum atomic E-state index is 5.07. The fourth-order valence-electron chi connectivity index (χ4n) is 1.39. The van der Waals surface area contributed by atoms with Crippen LogP contribution in [0.3, 0.4) is 0 Å². The molecule has 0 bridgehead atoms. The van der Waals surface area contributed by atoms with Crippen LogP contribution in [0.5, 0.6) is 5.75 Å². The van der Waals surface area contributed by atoms with Crippen LogP contribution in [0.25, 0.3) is 0 Å². The van der Waals surface area contributed by atoms with E-state index in [-0.39, 0.29) is 0 Å². The average Bonchev–Trinajstić information content (AvgIpc) is 2.83. The molecule has 0 heterocycles. The van der Waals surface area contributed by atoms with E-state index in [4.69, 9.17) is 4.74 Å². The summed E-state index contributed by atoms with van der Waals surface area (Å²) in [6.45, 7) is 3.94. The Kier molecular flexibility index (Phi) is 1.65. The Morgan fingerprint density at radius 3 is 2.33 bits per heavy atom. The quantitative estimate of drug-likeness (QED) is 0.604. The maximum Gasteiger partial charge on any atom is 0.118 e. The summed E-state index contributed by atoms with van der Waals surface area (Å²) >= 11 is 0. The molecule has 1 fully saturated rings. The molecule has 0 radical (unpaired) electrons. The summed E-state index contributed by atoms with van der Waals surface area (Å²) in [7, 11) is 1.69. The van der Waals surface area contributed by atoms with Crippen molar-refractivity contribution in [3.05, 3.63) is 42.0 Å². The van der Waals surface area contributed by atoms with Gasteiger partial charge in [0, 0.05) is 5.92 Å². The van der Waals surface area contributed by atoms with Crippen molar-refractivity contribution < 1.29 is 4.74 Å². The van der Waals surface area contributed by atoms with Crippen LogP contribution < -0.4 is 4.74 Å². The first-order valence-corrected chi connectivity index (χ1v) is 4.13. The Hall–Kier alpha value is -1.24. The average molecular weight is 160 g/mol. The molecule has 62 valence electrons. The Morgan fingerprint density at radius 1 is 1.33 bits per heavy atom. The van der Waals surface area contributed by atoms with E-state index in [1.807, 2.05) is 12.1 Å². The van der Waals surface area contributed by atoms with Crippen molar-refractivity contribution in [2.75, 3.05) is 7.11 Å². The zero-order valence-electron chi connectivity index (χ0n) is 7.21. The summed E-state index contributed by atoms with van der Waals surface area (Å²) in [5.74, 6) is 1.54. The monoisotopic (exact) mass is 160 g/mol. The molecule has 1 heteroatoms. The second-order valence-electron chi connectivity index (χ2n) is 3.19. The largest absolute Gasteiger partial charge is 0.497 e. The van der Waals surface area contributed by atoms with Gasteiger partial charge in [0.2, 0.25) is 0 Å². The highest BCUT2D eigenvalue weighted by Gasteiger charge is 2.28. The van der Waals surface area contributed by atoms with Gasteiger partial charge in [0.1, 0.15) is 5.75 Å².